The molecule has 0 atom stereocenters. The van der Waals surface area contributed by atoms with Gasteiger partial charge < -0.3 is 14.6 Å². The van der Waals surface area contributed by atoms with Crippen molar-refractivity contribution in [1.82, 2.24) is 14.6 Å². The highest BCUT2D eigenvalue weighted by molar-refractivity contribution is 5.90. The Hall–Kier alpha value is -3.09. The highest BCUT2D eigenvalue weighted by Gasteiger charge is 2.11. The lowest BCUT2D eigenvalue weighted by Crippen LogP contribution is -2.04. The number of nitrogens with zero attached hydrogens (tertiary/aromatic N) is 3. The number of carbonyl (C=O) groups is 1. The number of phenolic OH excluding ortho intramolecular Hbond substituents is 1. The van der Waals surface area contributed by atoms with Gasteiger partial charge in [-0.05, 0) is 24.3 Å². The number of carbonyl (C=O) groups excluding carboxylic acids is 1. The molecular weight excluding hydrogens is 286 g/mol. The van der Waals surface area contributed by atoms with Gasteiger partial charge >= 0.3 is 5.97 Å². The molecule has 1 aromatic carbocycles. The lowest BCUT2D eigenvalue weighted by Gasteiger charge is -2.05. The van der Waals surface area contributed by atoms with Crippen molar-refractivity contribution in [2.45, 2.75) is 6.61 Å². The molecule has 7 heteroatoms. The molecule has 0 spiro atoms. The van der Waals surface area contributed by atoms with Crippen molar-refractivity contribution >= 4 is 11.6 Å². The van der Waals surface area contributed by atoms with E-state index in [0.29, 0.717) is 22.8 Å². The van der Waals surface area contributed by atoms with Crippen molar-refractivity contribution in [3.05, 3.63) is 54.0 Å². The fourth-order valence-corrected chi connectivity index (χ4v) is 2.00. The molecule has 22 heavy (non-hydrogen) atoms. The van der Waals surface area contributed by atoms with E-state index in [4.69, 9.17) is 4.74 Å². The number of rotatable bonds is 4. The normalized spacial score (nSPS) is 10.6. The van der Waals surface area contributed by atoms with Crippen LogP contribution in [-0.4, -0.2) is 32.8 Å². The number of aromatic nitrogens is 3. The van der Waals surface area contributed by atoms with Gasteiger partial charge in [0.2, 0.25) is 0 Å². The Labute approximate surface area is 125 Å². The molecule has 2 heterocycles. The fraction of sp³-hybridized carbons (Fsp3) is 0.133. The Kier molecular flexibility index (Phi) is 3.61. The molecule has 0 radical (unpaired) electrons. The maximum Gasteiger partial charge on any atom is 0.338 e. The maximum atomic E-state index is 11.5. The quantitative estimate of drug-likeness (QED) is 0.739. The van der Waals surface area contributed by atoms with Crippen LogP contribution >= 0.6 is 0 Å². The summed E-state index contributed by atoms with van der Waals surface area (Å²) in [5.74, 6) is 0.812. The highest BCUT2D eigenvalue weighted by Crippen LogP contribution is 2.19. The zero-order chi connectivity index (χ0) is 15.5. The Morgan fingerprint density at radius 1 is 1.27 bits per heavy atom. The summed E-state index contributed by atoms with van der Waals surface area (Å²) in [7, 11) is 1.32. The first-order valence-corrected chi connectivity index (χ1v) is 6.51. The minimum Gasteiger partial charge on any atom is -0.508 e. The summed E-state index contributed by atoms with van der Waals surface area (Å²) in [6.07, 6.45) is 1.68. The third-order valence-corrected chi connectivity index (χ3v) is 3.09. The van der Waals surface area contributed by atoms with E-state index < -0.39 is 5.97 Å². The van der Waals surface area contributed by atoms with Crippen molar-refractivity contribution in [1.29, 1.82) is 0 Å². The van der Waals surface area contributed by atoms with Crippen LogP contribution in [0.2, 0.25) is 0 Å². The summed E-state index contributed by atoms with van der Waals surface area (Å²) in [6.45, 7) is 0.183. The zero-order valence-corrected chi connectivity index (χ0v) is 11.8. The molecule has 0 saturated heterocycles. The summed E-state index contributed by atoms with van der Waals surface area (Å²) in [4.78, 5) is 11.5. The number of benzene rings is 1. The van der Waals surface area contributed by atoms with Gasteiger partial charge in [-0.2, -0.15) is 0 Å². The fourth-order valence-electron chi connectivity index (χ4n) is 2.00. The van der Waals surface area contributed by atoms with Crippen LogP contribution in [0.3, 0.4) is 0 Å². The molecule has 3 aromatic rings. The average molecular weight is 299 g/mol. The third-order valence-electron chi connectivity index (χ3n) is 3.09. The lowest BCUT2D eigenvalue weighted by molar-refractivity contribution is 0.0600. The summed E-state index contributed by atoms with van der Waals surface area (Å²) >= 11 is 0. The highest BCUT2D eigenvalue weighted by atomic mass is 16.5. The van der Waals surface area contributed by atoms with E-state index in [-0.39, 0.29) is 12.4 Å². The number of esters is 1. The van der Waals surface area contributed by atoms with E-state index in [1.807, 2.05) is 0 Å². The molecule has 112 valence electrons. The Bertz CT molecular complexity index is 829. The van der Waals surface area contributed by atoms with Crippen LogP contribution in [0.1, 0.15) is 16.2 Å². The Morgan fingerprint density at radius 3 is 2.91 bits per heavy atom. The molecule has 0 aliphatic rings. The van der Waals surface area contributed by atoms with Crippen molar-refractivity contribution in [3.63, 3.8) is 0 Å². The van der Waals surface area contributed by atoms with Gasteiger partial charge in [-0.15, -0.1) is 10.2 Å². The second-order valence-electron chi connectivity index (χ2n) is 4.54. The molecule has 0 aliphatic heterocycles. The third kappa shape index (κ3) is 2.69. The van der Waals surface area contributed by atoms with Gasteiger partial charge in [0, 0.05) is 12.3 Å². The molecule has 1 N–H and O–H groups in total. The number of phenols is 1. The van der Waals surface area contributed by atoms with Gasteiger partial charge in [-0.3, -0.25) is 4.40 Å². The van der Waals surface area contributed by atoms with Crippen LogP contribution in [0.5, 0.6) is 11.5 Å². The smallest absolute Gasteiger partial charge is 0.338 e. The van der Waals surface area contributed by atoms with E-state index in [1.165, 1.54) is 13.2 Å². The van der Waals surface area contributed by atoms with E-state index in [0.717, 1.165) is 0 Å². The van der Waals surface area contributed by atoms with Gasteiger partial charge in [0.05, 0.1) is 12.7 Å². The molecule has 3 rings (SSSR count). The van der Waals surface area contributed by atoms with Crippen LogP contribution < -0.4 is 4.74 Å². The van der Waals surface area contributed by atoms with E-state index in [9.17, 15) is 9.90 Å². The summed E-state index contributed by atoms with van der Waals surface area (Å²) in [5, 5.41) is 17.4. The van der Waals surface area contributed by atoms with Crippen LogP contribution in [0.4, 0.5) is 0 Å². The van der Waals surface area contributed by atoms with Gasteiger partial charge in [0.1, 0.15) is 18.1 Å². The molecule has 0 amide bonds. The molecule has 7 nitrogen and oxygen atoms in total. The van der Waals surface area contributed by atoms with Crippen LogP contribution in [0.25, 0.3) is 5.65 Å². The van der Waals surface area contributed by atoms with Gasteiger partial charge in [0.15, 0.2) is 11.5 Å². The predicted molar refractivity (Wildman–Crippen MR) is 76.8 cm³/mol. The van der Waals surface area contributed by atoms with Crippen LogP contribution in [0, 0.1) is 0 Å². The van der Waals surface area contributed by atoms with Crippen molar-refractivity contribution in [3.8, 4) is 11.5 Å². The van der Waals surface area contributed by atoms with Crippen molar-refractivity contribution in [2.24, 2.45) is 0 Å². The minimum absolute atomic E-state index is 0.131. The van der Waals surface area contributed by atoms with Crippen LogP contribution in [0.15, 0.2) is 42.6 Å². The standard InChI is InChI=1S/C15H13N3O4/c1-21-15(20)10-5-6-18-13(7-10)16-17-14(18)9-22-12-4-2-3-11(19)8-12/h2-8,19H,9H2,1H3. The summed E-state index contributed by atoms with van der Waals surface area (Å²) < 4.78 is 11.9. The zero-order valence-electron chi connectivity index (χ0n) is 11.8. The molecule has 0 fully saturated rings. The van der Waals surface area contributed by atoms with Gasteiger partial charge in [0.25, 0.3) is 0 Å². The van der Waals surface area contributed by atoms with E-state index in [1.54, 1.807) is 40.9 Å². The van der Waals surface area contributed by atoms with Gasteiger partial charge in [-0.1, -0.05) is 6.07 Å². The van der Waals surface area contributed by atoms with Crippen molar-refractivity contribution in [2.75, 3.05) is 7.11 Å². The first kappa shape index (κ1) is 13.9. The molecule has 0 saturated carbocycles. The predicted octanol–water partition coefficient (Wildman–Crippen LogP) is 1.80. The number of hydrogen-bond acceptors (Lipinski definition) is 6. The van der Waals surface area contributed by atoms with Crippen molar-refractivity contribution < 1.29 is 19.4 Å². The second kappa shape index (κ2) is 5.72. The molecule has 0 aliphatic carbocycles. The maximum absolute atomic E-state index is 11.5. The van der Waals surface area contributed by atoms with E-state index >= 15 is 0 Å². The monoisotopic (exact) mass is 299 g/mol. The molecular formula is C15H13N3O4. The summed E-state index contributed by atoms with van der Waals surface area (Å²) in [5.41, 5.74) is 0.931. The second-order valence-corrected chi connectivity index (χ2v) is 4.54. The molecule has 0 unspecified atom stereocenters. The topological polar surface area (TPSA) is 86.0 Å². The Morgan fingerprint density at radius 2 is 2.14 bits per heavy atom. The summed E-state index contributed by atoms with van der Waals surface area (Å²) in [6, 6.07) is 9.72. The minimum atomic E-state index is -0.428. The van der Waals surface area contributed by atoms with E-state index in [2.05, 4.69) is 14.9 Å². The number of methoxy groups -OCH3 is 1. The number of ether oxygens (including phenoxy) is 2. The van der Waals surface area contributed by atoms with Crippen LogP contribution in [-0.2, 0) is 11.3 Å². The number of hydrogen-bond donors (Lipinski definition) is 1. The average Bonchev–Trinajstić information content (AvgIpc) is 2.94. The molecule has 0 bridgehead atoms. The number of pyridine rings is 1. The number of fused-ring (bicyclic) bond motifs is 1. The SMILES string of the molecule is COC(=O)c1ccn2c(COc3cccc(O)c3)nnc2c1. The van der Waals surface area contributed by atoms with Gasteiger partial charge in [-0.25, -0.2) is 4.79 Å². The lowest BCUT2D eigenvalue weighted by atomic mass is 10.2. The first-order chi connectivity index (χ1) is 10.7. The number of aromatic hydroxyl groups is 1. The first-order valence-electron chi connectivity index (χ1n) is 6.51. The molecule has 2 aromatic heterocycles. The largest absolute Gasteiger partial charge is 0.508 e. The Balaban J connectivity index is 1.81.